The zero-order valence-corrected chi connectivity index (χ0v) is 19.9. The number of benzene rings is 2. The average Bonchev–Trinajstić information content (AvgIpc) is 3.35. The molecule has 0 bridgehead atoms. The third-order valence-corrected chi connectivity index (χ3v) is 5.59. The Morgan fingerprint density at radius 3 is 2.18 bits per heavy atom. The van der Waals surface area contributed by atoms with Crippen LogP contribution >= 0.6 is 0 Å². The van der Waals surface area contributed by atoms with Crippen LogP contribution < -0.4 is 23.7 Å². The number of aliphatic hydroxyl groups is 1. The van der Waals surface area contributed by atoms with Crippen LogP contribution in [0.3, 0.4) is 0 Å². The van der Waals surface area contributed by atoms with E-state index in [1.165, 1.54) is 0 Å². The predicted molar refractivity (Wildman–Crippen MR) is 125 cm³/mol. The van der Waals surface area contributed by atoms with Gasteiger partial charge in [-0.2, -0.15) is 0 Å². The van der Waals surface area contributed by atoms with E-state index in [4.69, 9.17) is 28.4 Å². The highest BCUT2D eigenvalue weighted by Crippen LogP contribution is 2.38. The van der Waals surface area contributed by atoms with Crippen molar-refractivity contribution in [2.24, 2.45) is 0 Å². The van der Waals surface area contributed by atoms with E-state index in [1.807, 2.05) is 36.4 Å². The average molecular weight is 462 g/mol. The number of hydrogen-bond donors (Lipinski definition) is 1. The standard InChI is InChI=1S/C25H35NO7/c1-28-20-7-9-21(10-8-20)33-17-19(27)15-26(16-22-6-5-11-32-22)14-18-12-23(29-2)25(31-4)24(13-18)30-3/h7-10,12-13,19,22,27H,5-6,11,14-17H2,1-4H3. The van der Waals surface area contributed by atoms with Gasteiger partial charge in [0, 0.05) is 26.2 Å². The third-order valence-electron chi connectivity index (χ3n) is 5.59. The topological polar surface area (TPSA) is 78.9 Å². The van der Waals surface area contributed by atoms with Crippen LogP contribution in [0.1, 0.15) is 18.4 Å². The minimum absolute atomic E-state index is 0.154. The number of ether oxygens (including phenoxy) is 6. The zero-order chi connectivity index (χ0) is 23.6. The summed E-state index contributed by atoms with van der Waals surface area (Å²) in [5, 5.41) is 10.7. The molecule has 0 saturated carbocycles. The molecule has 0 amide bonds. The van der Waals surface area contributed by atoms with E-state index < -0.39 is 6.10 Å². The van der Waals surface area contributed by atoms with Crippen LogP contribution in [0.15, 0.2) is 36.4 Å². The molecule has 2 unspecified atom stereocenters. The van der Waals surface area contributed by atoms with E-state index >= 15 is 0 Å². The molecule has 8 heteroatoms. The van der Waals surface area contributed by atoms with Crippen LogP contribution in [0, 0.1) is 0 Å². The van der Waals surface area contributed by atoms with E-state index in [-0.39, 0.29) is 12.7 Å². The van der Waals surface area contributed by atoms with Gasteiger partial charge in [-0.3, -0.25) is 4.90 Å². The zero-order valence-electron chi connectivity index (χ0n) is 19.9. The van der Waals surface area contributed by atoms with Gasteiger partial charge in [-0.05, 0) is 54.8 Å². The molecule has 8 nitrogen and oxygen atoms in total. The lowest BCUT2D eigenvalue weighted by molar-refractivity contribution is 0.0313. The van der Waals surface area contributed by atoms with E-state index in [1.54, 1.807) is 28.4 Å². The van der Waals surface area contributed by atoms with Gasteiger partial charge in [0.25, 0.3) is 0 Å². The van der Waals surface area contributed by atoms with Gasteiger partial charge in [-0.15, -0.1) is 0 Å². The van der Waals surface area contributed by atoms with Crippen LogP contribution in [-0.2, 0) is 11.3 Å². The highest BCUT2D eigenvalue weighted by atomic mass is 16.5. The summed E-state index contributed by atoms with van der Waals surface area (Å²) >= 11 is 0. The van der Waals surface area contributed by atoms with Gasteiger partial charge >= 0.3 is 0 Å². The summed E-state index contributed by atoms with van der Waals surface area (Å²) in [6.45, 7) is 2.72. The van der Waals surface area contributed by atoms with Gasteiger partial charge < -0.3 is 33.5 Å². The van der Waals surface area contributed by atoms with Crippen molar-refractivity contribution in [2.75, 3.05) is 54.7 Å². The lowest BCUT2D eigenvalue weighted by Gasteiger charge is -2.28. The van der Waals surface area contributed by atoms with Gasteiger partial charge in [-0.1, -0.05) is 0 Å². The molecule has 3 rings (SSSR count). The maximum atomic E-state index is 10.7. The van der Waals surface area contributed by atoms with Crippen LogP contribution in [-0.4, -0.2) is 77.0 Å². The van der Waals surface area contributed by atoms with E-state index in [9.17, 15) is 5.11 Å². The molecular formula is C25H35NO7. The highest BCUT2D eigenvalue weighted by molar-refractivity contribution is 5.53. The van der Waals surface area contributed by atoms with Crippen LogP contribution in [0.2, 0.25) is 0 Å². The number of aliphatic hydroxyl groups excluding tert-OH is 1. The summed E-state index contributed by atoms with van der Waals surface area (Å²) in [5.74, 6) is 3.21. The summed E-state index contributed by atoms with van der Waals surface area (Å²) < 4.78 is 33.2. The number of hydrogen-bond acceptors (Lipinski definition) is 8. The van der Waals surface area contributed by atoms with Gasteiger partial charge in [0.15, 0.2) is 11.5 Å². The Hall–Kier alpha value is -2.68. The lowest BCUT2D eigenvalue weighted by atomic mass is 10.1. The molecule has 33 heavy (non-hydrogen) atoms. The number of methoxy groups -OCH3 is 4. The molecule has 2 atom stereocenters. The molecule has 1 aliphatic heterocycles. The van der Waals surface area contributed by atoms with Crippen molar-refractivity contribution >= 4 is 0 Å². The van der Waals surface area contributed by atoms with E-state index in [2.05, 4.69) is 4.90 Å². The Morgan fingerprint density at radius 1 is 0.970 bits per heavy atom. The van der Waals surface area contributed by atoms with Crippen molar-refractivity contribution in [1.82, 2.24) is 4.90 Å². The molecule has 1 saturated heterocycles. The molecule has 2 aromatic carbocycles. The molecule has 2 aromatic rings. The summed E-state index contributed by atoms with van der Waals surface area (Å²) in [6, 6.07) is 11.2. The summed E-state index contributed by atoms with van der Waals surface area (Å²) in [5.41, 5.74) is 0.991. The van der Waals surface area contributed by atoms with Crippen molar-refractivity contribution in [3.8, 4) is 28.7 Å². The quantitative estimate of drug-likeness (QED) is 0.488. The van der Waals surface area contributed by atoms with Crippen molar-refractivity contribution in [3.05, 3.63) is 42.0 Å². The summed E-state index contributed by atoms with van der Waals surface area (Å²) in [6.07, 6.45) is 1.56. The van der Waals surface area contributed by atoms with Crippen molar-refractivity contribution in [1.29, 1.82) is 0 Å². The fraction of sp³-hybridized carbons (Fsp3) is 0.520. The first-order valence-electron chi connectivity index (χ1n) is 11.1. The van der Waals surface area contributed by atoms with E-state index in [0.29, 0.717) is 36.1 Å². The van der Waals surface area contributed by atoms with Crippen molar-refractivity contribution in [3.63, 3.8) is 0 Å². The first-order chi connectivity index (χ1) is 16.1. The molecule has 1 fully saturated rings. The van der Waals surface area contributed by atoms with Gasteiger partial charge in [0.05, 0.1) is 34.5 Å². The van der Waals surface area contributed by atoms with Crippen LogP contribution in [0.4, 0.5) is 0 Å². The van der Waals surface area contributed by atoms with Crippen LogP contribution in [0.25, 0.3) is 0 Å². The fourth-order valence-electron chi connectivity index (χ4n) is 3.98. The second-order valence-corrected chi connectivity index (χ2v) is 8.00. The SMILES string of the molecule is COc1ccc(OCC(O)CN(Cc2cc(OC)c(OC)c(OC)c2)CC2CCCO2)cc1. The smallest absolute Gasteiger partial charge is 0.203 e. The second-order valence-electron chi connectivity index (χ2n) is 8.00. The Morgan fingerprint density at radius 2 is 1.64 bits per heavy atom. The number of rotatable bonds is 13. The van der Waals surface area contributed by atoms with E-state index in [0.717, 1.165) is 37.3 Å². The highest BCUT2D eigenvalue weighted by Gasteiger charge is 2.23. The first-order valence-corrected chi connectivity index (χ1v) is 11.1. The minimum Gasteiger partial charge on any atom is -0.497 e. The summed E-state index contributed by atoms with van der Waals surface area (Å²) in [7, 11) is 6.41. The Bertz CT molecular complexity index is 827. The van der Waals surface area contributed by atoms with Gasteiger partial charge in [0.2, 0.25) is 5.75 Å². The Balaban J connectivity index is 1.67. The summed E-state index contributed by atoms with van der Waals surface area (Å²) in [4.78, 5) is 2.18. The first kappa shape index (κ1) is 25.0. The molecule has 1 aliphatic rings. The Labute approximate surface area is 195 Å². The molecular weight excluding hydrogens is 426 g/mol. The molecule has 1 heterocycles. The lowest BCUT2D eigenvalue weighted by Crippen LogP contribution is -2.39. The fourth-order valence-corrected chi connectivity index (χ4v) is 3.98. The maximum absolute atomic E-state index is 10.7. The second kappa shape index (κ2) is 12.5. The monoisotopic (exact) mass is 461 g/mol. The third kappa shape index (κ3) is 7.15. The maximum Gasteiger partial charge on any atom is 0.203 e. The predicted octanol–water partition coefficient (Wildman–Crippen LogP) is 3.14. The minimum atomic E-state index is -0.671. The molecule has 0 radical (unpaired) electrons. The van der Waals surface area contributed by atoms with Crippen molar-refractivity contribution in [2.45, 2.75) is 31.6 Å². The molecule has 0 aromatic heterocycles. The van der Waals surface area contributed by atoms with Crippen LogP contribution in [0.5, 0.6) is 28.7 Å². The van der Waals surface area contributed by atoms with Gasteiger partial charge in [0.1, 0.15) is 24.2 Å². The molecule has 0 aliphatic carbocycles. The molecule has 0 spiro atoms. The normalized spacial score (nSPS) is 16.5. The molecule has 182 valence electrons. The molecule has 1 N–H and O–H groups in total. The number of nitrogens with zero attached hydrogens (tertiary/aromatic N) is 1. The largest absolute Gasteiger partial charge is 0.497 e. The van der Waals surface area contributed by atoms with Gasteiger partial charge in [-0.25, -0.2) is 0 Å². The van der Waals surface area contributed by atoms with Crippen molar-refractivity contribution < 1.29 is 33.5 Å². The Kier molecular flexibility index (Phi) is 9.47.